The first-order valence-electron chi connectivity index (χ1n) is 9.74. The maximum absolute atomic E-state index is 12.6. The third kappa shape index (κ3) is 4.78. The molecule has 1 aliphatic rings. The summed E-state index contributed by atoms with van der Waals surface area (Å²) in [5, 5.41) is 2.90. The molecule has 1 aliphatic heterocycles. The number of nitrogens with one attached hydrogen (secondary N) is 1. The van der Waals surface area contributed by atoms with Crippen molar-refractivity contribution in [2.45, 2.75) is 26.2 Å². The van der Waals surface area contributed by atoms with Crippen molar-refractivity contribution < 1.29 is 9.59 Å². The summed E-state index contributed by atoms with van der Waals surface area (Å²) in [7, 11) is 2.07. The van der Waals surface area contributed by atoms with Crippen molar-refractivity contribution in [3.05, 3.63) is 65.2 Å². The Hall–Kier alpha value is -2.66. The molecule has 3 rings (SSSR count). The molecule has 2 amide bonds. The number of piperazine rings is 1. The van der Waals surface area contributed by atoms with Crippen molar-refractivity contribution in [3.63, 3.8) is 0 Å². The van der Waals surface area contributed by atoms with Crippen molar-refractivity contribution >= 4 is 17.5 Å². The van der Waals surface area contributed by atoms with Crippen LogP contribution in [0.4, 0.5) is 5.69 Å². The molecule has 1 heterocycles. The number of carbonyl (C=O) groups excluding carboxylic acids is 2. The lowest BCUT2D eigenvalue weighted by Gasteiger charge is -2.32. The van der Waals surface area contributed by atoms with Crippen LogP contribution in [0.5, 0.6) is 0 Å². The van der Waals surface area contributed by atoms with E-state index >= 15 is 0 Å². The molecule has 28 heavy (non-hydrogen) atoms. The van der Waals surface area contributed by atoms with E-state index in [0.717, 1.165) is 26.2 Å². The predicted octanol–water partition coefficient (Wildman–Crippen LogP) is 3.62. The smallest absolute Gasteiger partial charge is 0.255 e. The highest BCUT2D eigenvalue weighted by Crippen LogP contribution is 2.22. The van der Waals surface area contributed by atoms with Gasteiger partial charge in [0.1, 0.15) is 0 Å². The minimum atomic E-state index is -0.154. The van der Waals surface area contributed by atoms with Crippen LogP contribution in [0.1, 0.15) is 47.1 Å². The molecular formula is C23H29N3O2. The number of anilines is 1. The Bertz CT molecular complexity index is 828. The van der Waals surface area contributed by atoms with E-state index in [0.29, 0.717) is 16.8 Å². The predicted molar refractivity (Wildman–Crippen MR) is 113 cm³/mol. The Morgan fingerprint density at radius 2 is 1.36 bits per heavy atom. The molecular weight excluding hydrogens is 350 g/mol. The van der Waals surface area contributed by atoms with E-state index in [4.69, 9.17) is 0 Å². The van der Waals surface area contributed by atoms with Crippen LogP contribution in [-0.4, -0.2) is 54.8 Å². The fraction of sp³-hybridized carbons (Fsp3) is 0.391. The molecule has 0 saturated carbocycles. The zero-order valence-corrected chi connectivity index (χ0v) is 17.2. The third-order valence-corrected chi connectivity index (χ3v) is 5.19. The van der Waals surface area contributed by atoms with E-state index in [1.165, 1.54) is 5.56 Å². The standard InChI is InChI=1S/C23H29N3O2/c1-23(2,3)19-9-5-17(6-10-19)21(27)24-20-11-7-18(8-12-20)22(28)26-15-13-25(4)14-16-26/h5-12H,13-16H2,1-4H3,(H,24,27). The summed E-state index contributed by atoms with van der Waals surface area (Å²) >= 11 is 0. The number of hydrogen-bond acceptors (Lipinski definition) is 3. The fourth-order valence-electron chi connectivity index (χ4n) is 3.21. The van der Waals surface area contributed by atoms with E-state index < -0.39 is 0 Å². The first kappa shape index (κ1) is 20.1. The normalized spacial score (nSPS) is 15.4. The lowest BCUT2D eigenvalue weighted by molar-refractivity contribution is 0.0664. The van der Waals surface area contributed by atoms with E-state index in [9.17, 15) is 9.59 Å². The molecule has 0 unspecified atom stereocenters. The van der Waals surface area contributed by atoms with E-state index in [1.54, 1.807) is 24.3 Å². The van der Waals surface area contributed by atoms with Crippen LogP contribution in [-0.2, 0) is 5.41 Å². The minimum Gasteiger partial charge on any atom is -0.336 e. The summed E-state index contributed by atoms with van der Waals surface area (Å²) in [6.45, 7) is 9.73. The van der Waals surface area contributed by atoms with Gasteiger partial charge in [0.05, 0.1) is 0 Å². The van der Waals surface area contributed by atoms with Crippen molar-refractivity contribution in [2.75, 3.05) is 38.5 Å². The monoisotopic (exact) mass is 379 g/mol. The molecule has 1 fully saturated rings. The van der Waals surface area contributed by atoms with Crippen LogP contribution >= 0.6 is 0 Å². The van der Waals surface area contributed by atoms with E-state index in [-0.39, 0.29) is 17.2 Å². The van der Waals surface area contributed by atoms with Gasteiger partial charge in [0.15, 0.2) is 0 Å². The number of likely N-dealkylation sites (N-methyl/N-ethyl adjacent to an activating group) is 1. The number of hydrogen-bond donors (Lipinski definition) is 1. The van der Waals surface area contributed by atoms with Gasteiger partial charge in [-0.2, -0.15) is 0 Å². The molecule has 1 N–H and O–H groups in total. The van der Waals surface area contributed by atoms with Gasteiger partial charge in [-0.15, -0.1) is 0 Å². The third-order valence-electron chi connectivity index (χ3n) is 5.19. The average Bonchev–Trinajstić information content (AvgIpc) is 2.68. The summed E-state index contributed by atoms with van der Waals surface area (Å²) in [5.41, 5.74) is 3.19. The maximum atomic E-state index is 12.6. The Morgan fingerprint density at radius 1 is 0.821 bits per heavy atom. The van der Waals surface area contributed by atoms with Gasteiger partial charge in [0.2, 0.25) is 0 Å². The summed E-state index contributed by atoms with van der Waals surface area (Å²) in [6, 6.07) is 14.8. The molecule has 0 aromatic heterocycles. The van der Waals surface area contributed by atoms with Gasteiger partial charge < -0.3 is 15.1 Å². The molecule has 148 valence electrons. The van der Waals surface area contributed by atoms with Crippen LogP contribution in [0.2, 0.25) is 0 Å². The van der Waals surface area contributed by atoms with Crippen molar-refractivity contribution in [3.8, 4) is 0 Å². The van der Waals surface area contributed by atoms with Crippen molar-refractivity contribution in [2.24, 2.45) is 0 Å². The highest BCUT2D eigenvalue weighted by molar-refractivity contribution is 6.04. The largest absolute Gasteiger partial charge is 0.336 e. The van der Waals surface area contributed by atoms with Crippen molar-refractivity contribution in [1.82, 2.24) is 9.80 Å². The summed E-state index contributed by atoms with van der Waals surface area (Å²) in [6.07, 6.45) is 0. The lowest BCUT2D eigenvalue weighted by Crippen LogP contribution is -2.47. The fourth-order valence-corrected chi connectivity index (χ4v) is 3.21. The first-order chi connectivity index (χ1) is 13.2. The van der Waals surface area contributed by atoms with Gasteiger partial charge in [-0.05, 0) is 54.4 Å². The molecule has 0 radical (unpaired) electrons. The molecule has 2 aromatic carbocycles. The molecule has 0 atom stereocenters. The number of carbonyl (C=O) groups is 2. The molecule has 5 heteroatoms. The number of benzene rings is 2. The zero-order chi connectivity index (χ0) is 20.3. The van der Waals surface area contributed by atoms with Gasteiger partial charge in [-0.25, -0.2) is 0 Å². The number of nitrogens with zero attached hydrogens (tertiary/aromatic N) is 2. The van der Waals surface area contributed by atoms with Gasteiger partial charge in [-0.3, -0.25) is 9.59 Å². The second kappa shape index (κ2) is 8.15. The highest BCUT2D eigenvalue weighted by atomic mass is 16.2. The molecule has 2 aromatic rings. The Morgan fingerprint density at radius 3 is 1.89 bits per heavy atom. The quantitative estimate of drug-likeness (QED) is 0.886. The number of amides is 2. The first-order valence-corrected chi connectivity index (χ1v) is 9.74. The summed E-state index contributed by atoms with van der Waals surface area (Å²) < 4.78 is 0. The number of rotatable bonds is 3. The van der Waals surface area contributed by atoms with E-state index in [2.05, 4.69) is 38.0 Å². The maximum Gasteiger partial charge on any atom is 0.255 e. The van der Waals surface area contributed by atoms with Gasteiger partial charge >= 0.3 is 0 Å². The van der Waals surface area contributed by atoms with Crippen LogP contribution in [0.15, 0.2) is 48.5 Å². The second-order valence-electron chi connectivity index (χ2n) is 8.45. The van der Waals surface area contributed by atoms with Crippen LogP contribution in [0.25, 0.3) is 0 Å². The van der Waals surface area contributed by atoms with Gasteiger partial charge in [0.25, 0.3) is 11.8 Å². The molecule has 0 aliphatic carbocycles. The molecule has 5 nitrogen and oxygen atoms in total. The molecule has 1 saturated heterocycles. The highest BCUT2D eigenvalue weighted by Gasteiger charge is 2.20. The topological polar surface area (TPSA) is 52.6 Å². The van der Waals surface area contributed by atoms with Gasteiger partial charge in [0, 0.05) is 43.0 Å². The SMILES string of the molecule is CN1CCN(C(=O)c2ccc(NC(=O)c3ccc(C(C)(C)C)cc3)cc2)CC1. The van der Waals surface area contributed by atoms with Crippen LogP contribution < -0.4 is 5.32 Å². The Balaban J connectivity index is 1.62. The van der Waals surface area contributed by atoms with Crippen molar-refractivity contribution in [1.29, 1.82) is 0 Å². The Kier molecular flexibility index (Phi) is 5.84. The minimum absolute atomic E-state index is 0.0451. The summed E-state index contributed by atoms with van der Waals surface area (Å²) in [4.78, 5) is 29.2. The Labute approximate surface area is 167 Å². The second-order valence-corrected chi connectivity index (χ2v) is 8.45. The average molecular weight is 380 g/mol. The van der Waals surface area contributed by atoms with Crippen LogP contribution in [0.3, 0.4) is 0 Å². The molecule has 0 bridgehead atoms. The summed E-state index contributed by atoms with van der Waals surface area (Å²) in [5.74, 6) is -0.109. The van der Waals surface area contributed by atoms with E-state index in [1.807, 2.05) is 29.2 Å². The lowest BCUT2D eigenvalue weighted by atomic mass is 9.87. The molecule has 0 spiro atoms. The van der Waals surface area contributed by atoms with Gasteiger partial charge in [-0.1, -0.05) is 32.9 Å². The zero-order valence-electron chi connectivity index (χ0n) is 17.2. The van der Waals surface area contributed by atoms with Crippen LogP contribution in [0, 0.1) is 0 Å².